The number of nitrogens with zero attached hydrogens (tertiary/aromatic N) is 3. The van der Waals surface area contributed by atoms with Gasteiger partial charge in [0, 0.05) is 43.8 Å². The Bertz CT molecular complexity index is 1130. The van der Waals surface area contributed by atoms with Gasteiger partial charge in [-0.25, -0.2) is 0 Å². The van der Waals surface area contributed by atoms with Crippen molar-refractivity contribution in [1.29, 1.82) is 0 Å². The molecule has 188 valence electrons. The lowest BCUT2D eigenvalue weighted by molar-refractivity contribution is -0.133. The molecule has 1 aliphatic carbocycles. The van der Waals surface area contributed by atoms with E-state index in [9.17, 15) is 4.79 Å². The Morgan fingerprint density at radius 3 is 2.53 bits per heavy atom. The second-order valence-electron chi connectivity index (χ2n) is 9.77. The lowest BCUT2D eigenvalue weighted by Crippen LogP contribution is -2.56. The molecule has 1 saturated carbocycles. The van der Waals surface area contributed by atoms with Crippen LogP contribution in [0.2, 0.25) is 0 Å². The SMILES string of the molecule is COc1ccc(N2CCN(C(=O)Cc3cccnc3)[C@@H](Cc3ccccc3)C2)cc1OC1CCCC1. The predicted molar refractivity (Wildman–Crippen MR) is 142 cm³/mol. The molecule has 2 fully saturated rings. The molecule has 0 N–H and O–H groups in total. The molecule has 2 aliphatic rings. The van der Waals surface area contributed by atoms with Gasteiger partial charge < -0.3 is 19.3 Å². The molecule has 2 aromatic carbocycles. The number of carbonyl (C=O) groups excluding carboxylic acids is 1. The number of anilines is 1. The predicted octanol–water partition coefficient (Wildman–Crippen LogP) is 4.91. The fourth-order valence-electron chi connectivity index (χ4n) is 5.40. The van der Waals surface area contributed by atoms with Gasteiger partial charge in [0.1, 0.15) is 0 Å². The van der Waals surface area contributed by atoms with E-state index >= 15 is 0 Å². The third-order valence-electron chi connectivity index (χ3n) is 7.30. The smallest absolute Gasteiger partial charge is 0.227 e. The molecule has 5 rings (SSSR count). The second-order valence-corrected chi connectivity index (χ2v) is 9.77. The molecule has 0 unspecified atom stereocenters. The molecule has 36 heavy (non-hydrogen) atoms. The van der Waals surface area contributed by atoms with Crippen LogP contribution in [0, 0.1) is 0 Å². The molecule has 1 aliphatic heterocycles. The normalized spacial score (nSPS) is 18.3. The molecule has 6 heteroatoms. The lowest BCUT2D eigenvalue weighted by Gasteiger charge is -2.43. The highest BCUT2D eigenvalue weighted by Gasteiger charge is 2.31. The van der Waals surface area contributed by atoms with Crippen molar-refractivity contribution in [3.8, 4) is 11.5 Å². The summed E-state index contributed by atoms with van der Waals surface area (Å²) >= 11 is 0. The quantitative estimate of drug-likeness (QED) is 0.454. The minimum Gasteiger partial charge on any atom is -0.493 e. The van der Waals surface area contributed by atoms with E-state index in [1.165, 1.54) is 18.4 Å². The largest absolute Gasteiger partial charge is 0.493 e. The van der Waals surface area contributed by atoms with Crippen molar-refractivity contribution in [2.45, 2.75) is 50.7 Å². The minimum absolute atomic E-state index is 0.0756. The number of rotatable bonds is 8. The maximum absolute atomic E-state index is 13.4. The third-order valence-corrected chi connectivity index (χ3v) is 7.30. The van der Waals surface area contributed by atoms with Crippen LogP contribution in [0.3, 0.4) is 0 Å². The van der Waals surface area contributed by atoms with Crippen LogP contribution in [0.4, 0.5) is 5.69 Å². The van der Waals surface area contributed by atoms with E-state index < -0.39 is 0 Å². The number of benzene rings is 2. The van der Waals surface area contributed by atoms with Gasteiger partial charge in [-0.2, -0.15) is 0 Å². The van der Waals surface area contributed by atoms with Crippen LogP contribution in [0.15, 0.2) is 73.1 Å². The first-order valence-corrected chi connectivity index (χ1v) is 13.0. The van der Waals surface area contributed by atoms with Crippen molar-refractivity contribution in [2.75, 3.05) is 31.6 Å². The van der Waals surface area contributed by atoms with Gasteiger partial charge in [-0.3, -0.25) is 9.78 Å². The summed E-state index contributed by atoms with van der Waals surface area (Å²) in [5, 5.41) is 0. The van der Waals surface area contributed by atoms with E-state index in [4.69, 9.17) is 9.47 Å². The Morgan fingerprint density at radius 2 is 1.78 bits per heavy atom. The maximum atomic E-state index is 13.4. The topological polar surface area (TPSA) is 54.9 Å². The molecule has 6 nitrogen and oxygen atoms in total. The number of methoxy groups -OCH3 is 1. The average Bonchev–Trinajstić information content (AvgIpc) is 3.43. The zero-order valence-corrected chi connectivity index (χ0v) is 21.0. The fourth-order valence-corrected chi connectivity index (χ4v) is 5.40. The molecule has 1 saturated heterocycles. The van der Waals surface area contributed by atoms with Gasteiger partial charge in [0.05, 0.1) is 25.7 Å². The molecule has 1 aromatic heterocycles. The van der Waals surface area contributed by atoms with Gasteiger partial charge in [0.25, 0.3) is 0 Å². The average molecular weight is 486 g/mol. The van der Waals surface area contributed by atoms with Crippen molar-refractivity contribution >= 4 is 11.6 Å². The molecule has 0 spiro atoms. The first kappa shape index (κ1) is 24.2. The summed E-state index contributed by atoms with van der Waals surface area (Å²) in [5.74, 6) is 1.75. The van der Waals surface area contributed by atoms with Crippen LogP contribution >= 0.6 is 0 Å². The molecule has 1 atom stereocenters. The third kappa shape index (κ3) is 5.81. The second kappa shape index (κ2) is 11.5. The minimum atomic E-state index is 0.0756. The number of hydrogen-bond acceptors (Lipinski definition) is 5. The maximum Gasteiger partial charge on any atom is 0.227 e. The summed E-state index contributed by atoms with van der Waals surface area (Å²) in [6.45, 7) is 2.23. The number of hydrogen-bond donors (Lipinski definition) is 0. The molecule has 0 bridgehead atoms. The molecule has 2 heterocycles. The van der Waals surface area contributed by atoms with Crippen molar-refractivity contribution in [2.24, 2.45) is 0 Å². The van der Waals surface area contributed by atoms with E-state index in [0.717, 1.165) is 55.1 Å². The Morgan fingerprint density at radius 1 is 0.972 bits per heavy atom. The highest BCUT2D eigenvalue weighted by molar-refractivity contribution is 5.79. The summed E-state index contributed by atoms with van der Waals surface area (Å²) in [4.78, 5) is 22.0. The number of aromatic nitrogens is 1. The van der Waals surface area contributed by atoms with Crippen LogP contribution in [0.1, 0.15) is 36.8 Å². The van der Waals surface area contributed by atoms with E-state index in [2.05, 4.69) is 51.2 Å². The summed E-state index contributed by atoms with van der Waals surface area (Å²) < 4.78 is 12.0. The number of pyridine rings is 1. The molecule has 1 amide bonds. The molecule has 3 aromatic rings. The summed E-state index contributed by atoms with van der Waals surface area (Å²) in [6.07, 6.45) is 9.63. The van der Waals surface area contributed by atoms with Gasteiger partial charge in [-0.1, -0.05) is 36.4 Å². The highest BCUT2D eigenvalue weighted by Crippen LogP contribution is 2.36. The van der Waals surface area contributed by atoms with Crippen LogP contribution in [0.5, 0.6) is 11.5 Å². The molecular weight excluding hydrogens is 450 g/mol. The van der Waals surface area contributed by atoms with Crippen LogP contribution in [0.25, 0.3) is 0 Å². The Labute approximate surface area is 213 Å². The van der Waals surface area contributed by atoms with Crippen LogP contribution < -0.4 is 14.4 Å². The molecule has 0 radical (unpaired) electrons. The van der Waals surface area contributed by atoms with Gasteiger partial charge in [-0.15, -0.1) is 0 Å². The van der Waals surface area contributed by atoms with Crippen molar-refractivity contribution < 1.29 is 14.3 Å². The Balaban J connectivity index is 1.35. The number of carbonyl (C=O) groups is 1. The van der Waals surface area contributed by atoms with Crippen LogP contribution in [-0.2, 0) is 17.6 Å². The van der Waals surface area contributed by atoms with E-state index in [-0.39, 0.29) is 18.1 Å². The van der Waals surface area contributed by atoms with Crippen molar-refractivity contribution in [3.05, 3.63) is 84.2 Å². The summed E-state index contributed by atoms with van der Waals surface area (Å²) in [6, 6.07) is 20.6. The van der Waals surface area contributed by atoms with E-state index in [1.807, 2.05) is 24.3 Å². The van der Waals surface area contributed by atoms with Crippen LogP contribution in [-0.4, -0.2) is 54.7 Å². The number of amides is 1. The standard InChI is InChI=1S/C30H35N3O3/c1-35-28-14-13-25(20-29(28)36-27-11-5-6-12-27)32-16-17-33(30(34)19-24-10-7-15-31-21-24)26(22-32)18-23-8-3-2-4-9-23/h2-4,7-10,13-15,20-21,26-27H,5-6,11-12,16-19,22H2,1H3/t26-/m0/s1. The van der Waals surface area contributed by atoms with Gasteiger partial charge >= 0.3 is 0 Å². The van der Waals surface area contributed by atoms with Gasteiger partial charge in [0.2, 0.25) is 5.91 Å². The Kier molecular flexibility index (Phi) is 7.70. The zero-order chi connectivity index (χ0) is 24.7. The molecular formula is C30H35N3O3. The van der Waals surface area contributed by atoms with E-state index in [1.54, 1.807) is 19.5 Å². The Hall–Kier alpha value is -3.54. The number of ether oxygens (including phenoxy) is 2. The number of piperazine rings is 1. The van der Waals surface area contributed by atoms with E-state index in [0.29, 0.717) is 13.0 Å². The summed E-state index contributed by atoms with van der Waals surface area (Å²) in [5.41, 5.74) is 3.30. The van der Waals surface area contributed by atoms with Crippen molar-refractivity contribution in [3.63, 3.8) is 0 Å². The lowest BCUT2D eigenvalue weighted by atomic mass is 10.0. The fraction of sp³-hybridized carbons (Fsp3) is 0.400. The monoisotopic (exact) mass is 485 g/mol. The first-order chi connectivity index (χ1) is 17.7. The van der Waals surface area contributed by atoms with Gasteiger partial charge in [0.15, 0.2) is 11.5 Å². The summed E-state index contributed by atoms with van der Waals surface area (Å²) in [7, 11) is 1.69. The zero-order valence-electron chi connectivity index (χ0n) is 21.0. The van der Waals surface area contributed by atoms with Gasteiger partial charge in [-0.05, 0) is 61.4 Å². The van der Waals surface area contributed by atoms with Crippen molar-refractivity contribution in [1.82, 2.24) is 9.88 Å². The first-order valence-electron chi connectivity index (χ1n) is 13.0. The highest BCUT2D eigenvalue weighted by atomic mass is 16.5.